The Bertz CT molecular complexity index is 195. The first-order valence-electron chi connectivity index (χ1n) is 5.77. The van der Waals surface area contributed by atoms with Gasteiger partial charge in [-0.2, -0.15) is 0 Å². The summed E-state index contributed by atoms with van der Waals surface area (Å²) in [6.07, 6.45) is 1.32. The van der Waals surface area contributed by atoms with Crippen molar-refractivity contribution in [2.24, 2.45) is 0 Å². The fraction of sp³-hybridized carbons (Fsp3) is 1.00. The fourth-order valence-electron chi connectivity index (χ4n) is 2.78. The maximum atomic E-state index is 3.60. The summed E-state index contributed by atoms with van der Waals surface area (Å²) < 4.78 is 0. The van der Waals surface area contributed by atoms with E-state index in [0.29, 0.717) is 5.54 Å². The van der Waals surface area contributed by atoms with Crippen LogP contribution in [0, 0.1) is 0 Å². The maximum Gasteiger partial charge on any atom is 0.0285 e. The summed E-state index contributed by atoms with van der Waals surface area (Å²) in [6.45, 7) is 10.8. The fourth-order valence-corrected chi connectivity index (χ4v) is 2.78. The lowest BCUT2D eigenvalue weighted by Gasteiger charge is -2.41. The summed E-state index contributed by atoms with van der Waals surface area (Å²) >= 11 is 0. The molecule has 1 unspecified atom stereocenters. The quantitative estimate of drug-likeness (QED) is 0.655. The first-order valence-corrected chi connectivity index (χ1v) is 5.77. The van der Waals surface area contributed by atoms with E-state index in [1.54, 1.807) is 0 Å². The smallest absolute Gasteiger partial charge is 0.0285 e. The molecule has 1 N–H and O–H groups in total. The Hall–Kier alpha value is -0.120. The molecule has 0 radical (unpaired) electrons. The number of nitrogens with zero attached hydrogens (tertiary/aromatic N) is 2. The summed E-state index contributed by atoms with van der Waals surface area (Å²) in [5.41, 5.74) is 0.315. The molecule has 14 heavy (non-hydrogen) atoms. The van der Waals surface area contributed by atoms with Crippen molar-refractivity contribution < 1.29 is 0 Å². The highest BCUT2D eigenvalue weighted by Gasteiger charge is 2.38. The van der Waals surface area contributed by atoms with Gasteiger partial charge in [0.15, 0.2) is 0 Å². The van der Waals surface area contributed by atoms with Crippen LogP contribution in [0.5, 0.6) is 0 Å². The highest BCUT2D eigenvalue weighted by molar-refractivity contribution is 4.99. The molecule has 0 bridgehead atoms. The number of nitrogens with one attached hydrogen (secondary N) is 1. The second-order valence-corrected chi connectivity index (χ2v) is 5.29. The molecular formula is C11H23N3. The number of hydrogen-bond acceptors (Lipinski definition) is 3. The molecule has 0 aliphatic carbocycles. The van der Waals surface area contributed by atoms with Gasteiger partial charge in [0.2, 0.25) is 0 Å². The van der Waals surface area contributed by atoms with Crippen LogP contribution in [0.25, 0.3) is 0 Å². The van der Waals surface area contributed by atoms with Crippen LogP contribution in [0.15, 0.2) is 0 Å². The Morgan fingerprint density at radius 3 is 2.29 bits per heavy atom. The van der Waals surface area contributed by atoms with Crippen molar-refractivity contribution >= 4 is 0 Å². The van der Waals surface area contributed by atoms with Crippen LogP contribution in [0.3, 0.4) is 0 Å². The number of piperazine rings is 1. The second-order valence-electron chi connectivity index (χ2n) is 5.29. The third kappa shape index (κ3) is 1.95. The SMILES string of the molecule is CN1CCN(C2CCNC2(C)C)CC1. The van der Waals surface area contributed by atoms with Crippen molar-refractivity contribution in [2.75, 3.05) is 39.8 Å². The Kier molecular flexibility index (Phi) is 2.82. The first kappa shape index (κ1) is 10.4. The number of likely N-dealkylation sites (N-methyl/N-ethyl adjacent to an activating group) is 1. The molecule has 2 heterocycles. The Balaban J connectivity index is 1.95. The summed E-state index contributed by atoms with van der Waals surface area (Å²) in [7, 11) is 2.22. The molecule has 0 spiro atoms. The van der Waals surface area contributed by atoms with Gasteiger partial charge in [0, 0.05) is 37.8 Å². The van der Waals surface area contributed by atoms with Gasteiger partial charge in [0.1, 0.15) is 0 Å². The first-order chi connectivity index (χ1) is 6.59. The lowest BCUT2D eigenvalue weighted by Crippen LogP contribution is -2.56. The molecule has 3 heteroatoms. The minimum atomic E-state index is 0.315. The lowest BCUT2D eigenvalue weighted by atomic mass is 9.95. The van der Waals surface area contributed by atoms with Gasteiger partial charge in [-0.15, -0.1) is 0 Å². The van der Waals surface area contributed by atoms with E-state index in [2.05, 4.69) is 36.0 Å². The monoisotopic (exact) mass is 197 g/mol. The molecule has 2 aliphatic rings. The van der Waals surface area contributed by atoms with Crippen LogP contribution < -0.4 is 5.32 Å². The molecule has 3 nitrogen and oxygen atoms in total. The Labute approximate surface area is 87.4 Å². The topological polar surface area (TPSA) is 18.5 Å². The zero-order valence-electron chi connectivity index (χ0n) is 9.71. The van der Waals surface area contributed by atoms with E-state index in [4.69, 9.17) is 0 Å². The molecule has 1 atom stereocenters. The van der Waals surface area contributed by atoms with E-state index in [1.165, 1.54) is 39.1 Å². The van der Waals surface area contributed by atoms with Gasteiger partial charge in [-0.3, -0.25) is 4.90 Å². The van der Waals surface area contributed by atoms with E-state index >= 15 is 0 Å². The number of hydrogen-bond donors (Lipinski definition) is 1. The third-order valence-electron chi connectivity index (χ3n) is 3.81. The molecule has 0 aromatic heterocycles. The van der Waals surface area contributed by atoms with Crippen LogP contribution in [0.2, 0.25) is 0 Å². The zero-order chi connectivity index (χ0) is 10.2. The van der Waals surface area contributed by atoms with Gasteiger partial charge in [0.05, 0.1) is 0 Å². The average Bonchev–Trinajstić information content (AvgIpc) is 2.47. The predicted molar refractivity (Wildman–Crippen MR) is 59.6 cm³/mol. The molecule has 2 rings (SSSR count). The molecular weight excluding hydrogens is 174 g/mol. The lowest BCUT2D eigenvalue weighted by molar-refractivity contribution is 0.0855. The van der Waals surface area contributed by atoms with E-state index in [9.17, 15) is 0 Å². The minimum Gasteiger partial charge on any atom is -0.310 e. The molecule has 0 aromatic rings. The molecule has 0 amide bonds. The number of rotatable bonds is 1. The normalized spacial score (nSPS) is 34.9. The summed E-state index contributed by atoms with van der Waals surface area (Å²) in [4.78, 5) is 5.09. The summed E-state index contributed by atoms with van der Waals surface area (Å²) in [5, 5.41) is 3.60. The largest absolute Gasteiger partial charge is 0.310 e. The Morgan fingerprint density at radius 1 is 1.14 bits per heavy atom. The predicted octanol–water partition coefficient (Wildman–Crippen LogP) is 0.374. The molecule has 0 saturated carbocycles. The van der Waals surface area contributed by atoms with E-state index < -0.39 is 0 Å². The standard InChI is InChI=1S/C11H23N3/c1-11(2)10(4-5-12-11)14-8-6-13(3)7-9-14/h10,12H,4-9H2,1-3H3. The minimum absolute atomic E-state index is 0.315. The van der Waals surface area contributed by atoms with Gasteiger partial charge in [-0.05, 0) is 33.9 Å². The van der Waals surface area contributed by atoms with Crippen LogP contribution >= 0.6 is 0 Å². The van der Waals surface area contributed by atoms with Crippen molar-refractivity contribution in [2.45, 2.75) is 31.8 Å². The summed E-state index contributed by atoms with van der Waals surface area (Å²) in [5.74, 6) is 0. The molecule has 2 fully saturated rings. The van der Waals surface area contributed by atoms with Crippen molar-refractivity contribution in [3.63, 3.8) is 0 Å². The highest BCUT2D eigenvalue weighted by atomic mass is 15.3. The highest BCUT2D eigenvalue weighted by Crippen LogP contribution is 2.24. The average molecular weight is 197 g/mol. The maximum absolute atomic E-state index is 3.60. The molecule has 82 valence electrons. The van der Waals surface area contributed by atoms with E-state index in [0.717, 1.165) is 6.04 Å². The van der Waals surface area contributed by atoms with Crippen molar-refractivity contribution in [3.8, 4) is 0 Å². The Morgan fingerprint density at radius 2 is 1.79 bits per heavy atom. The molecule has 0 aromatic carbocycles. The van der Waals surface area contributed by atoms with Gasteiger partial charge >= 0.3 is 0 Å². The van der Waals surface area contributed by atoms with Crippen molar-refractivity contribution in [1.29, 1.82) is 0 Å². The van der Waals surface area contributed by atoms with Gasteiger partial charge in [-0.1, -0.05) is 0 Å². The van der Waals surface area contributed by atoms with E-state index in [-0.39, 0.29) is 0 Å². The van der Waals surface area contributed by atoms with Gasteiger partial charge < -0.3 is 10.2 Å². The molecule has 2 aliphatic heterocycles. The van der Waals surface area contributed by atoms with Crippen LogP contribution in [-0.2, 0) is 0 Å². The van der Waals surface area contributed by atoms with E-state index in [1.807, 2.05) is 0 Å². The second kappa shape index (κ2) is 3.80. The van der Waals surface area contributed by atoms with Crippen LogP contribution in [-0.4, -0.2) is 61.2 Å². The van der Waals surface area contributed by atoms with Gasteiger partial charge in [0.25, 0.3) is 0 Å². The third-order valence-corrected chi connectivity index (χ3v) is 3.81. The van der Waals surface area contributed by atoms with Crippen LogP contribution in [0.1, 0.15) is 20.3 Å². The van der Waals surface area contributed by atoms with Crippen molar-refractivity contribution in [3.05, 3.63) is 0 Å². The van der Waals surface area contributed by atoms with Crippen molar-refractivity contribution in [1.82, 2.24) is 15.1 Å². The zero-order valence-corrected chi connectivity index (χ0v) is 9.71. The van der Waals surface area contributed by atoms with Gasteiger partial charge in [-0.25, -0.2) is 0 Å². The van der Waals surface area contributed by atoms with Crippen LogP contribution in [0.4, 0.5) is 0 Å². The molecule has 2 saturated heterocycles. The summed E-state index contributed by atoms with van der Waals surface area (Å²) in [6, 6.07) is 0.746.